The van der Waals surface area contributed by atoms with Crippen LogP contribution in [0, 0.1) is 0 Å². The Balaban J connectivity index is 3.79. The van der Waals surface area contributed by atoms with Crippen LogP contribution in [0.3, 0.4) is 0 Å². The molecule has 0 aromatic heterocycles. The Morgan fingerprint density at radius 1 is 1.54 bits per heavy atom. The summed E-state index contributed by atoms with van der Waals surface area (Å²) in [6.45, 7) is 8.32. The molecule has 0 aliphatic heterocycles. The molecule has 0 heterocycles. The molecule has 3 nitrogen and oxygen atoms in total. The van der Waals surface area contributed by atoms with Crippen molar-refractivity contribution in [3.63, 3.8) is 0 Å². The van der Waals surface area contributed by atoms with E-state index in [-0.39, 0.29) is 17.6 Å². The SMILES string of the molecule is CC(=O)OC(CBr)CNC(C)(C)C. The van der Waals surface area contributed by atoms with Crippen molar-refractivity contribution in [1.29, 1.82) is 0 Å². The van der Waals surface area contributed by atoms with Gasteiger partial charge < -0.3 is 10.1 Å². The number of nitrogens with one attached hydrogen (secondary N) is 1. The van der Waals surface area contributed by atoms with Crippen molar-refractivity contribution in [3.05, 3.63) is 0 Å². The van der Waals surface area contributed by atoms with E-state index in [1.165, 1.54) is 6.92 Å². The van der Waals surface area contributed by atoms with E-state index in [2.05, 4.69) is 42.0 Å². The molecule has 0 spiro atoms. The highest BCUT2D eigenvalue weighted by Gasteiger charge is 2.14. The fourth-order valence-electron chi connectivity index (χ4n) is 0.782. The van der Waals surface area contributed by atoms with Crippen LogP contribution in [-0.2, 0) is 9.53 Å². The fraction of sp³-hybridized carbons (Fsp3) is 0.889. The molecule has 0 fully saturated rings. The summed E-state index contributed by atoms with van der Waals surface area (Å²) in [5, 5.41) is 3.93. The highest BCUT2D eigenvalue weighted by atomic mass is 79.9. The molecule has 0 amide bonds. The van der Waals surface area contributed by atoms with Gasteiger partial charge in [-0.05, 0) is 20.8 Å². The van der Waals surface area contributed by atoms with Crippen LogP contribution in [0.5, 0.6) is 0 Å². The average Bonchev–Trinajstić information content (AvgIpc) is 1.95. The zero-order valence-corrected chi connectivity index (χ0v) is 10.3. The van der Waals surface area contributed by atoms with Crippen molar-refractivity contribution in [2.24, 2.45) is 0 Å². The lowest BCUT2D eigenvalue weighted by atomic mass is 10.1. The third-order valence-corrected chi connectivity index (χ3v) is 2.09. The summed E-state index contributed by atoms with van der Waals surface area (Å²) in [5.74, 6) is -0.236. The van der Waals surface area contributed by atoms with E-state index >= 15 is 0 Å². The number of ether oxygens (including phenoxy) is 1. The van der Waals surface area contributed by atoms with Gasteiger partial charge in [0.25, 0.3) is 0 Å². The first-order chi connectivity index (χ1) is 5.85. The number of carbonyl (C=O) groups excluding carboxylic acids is 1. The molecule has 0 aromatic carbocycles. The van der Waals surface area contributed by atoms with Crippen LogP contribution in [-0.4, -0.2) is 29.5 Å². The summed E-state index contributed by atoms with van der Waals surface area (Å²) in [4.78, 5) is 10.7. The van der Waals surface area contributed by atoms with Gasteiger partial charge in [-0.25, -0.2) is 0 Å². The van der Waals surface area contributed by atoms with Crippen molar-refractivity contribution in [2.75, 3.05) is 11.9 Å². The van der Waals surface area contributed by atoms with Crippen LogP contribution in [0.4, 0.5) is 0 Å². The zero-order chi connectivity index (χ0) is 10.5. The van der Waals surface area contributed by atoms with Gasteiger partial charge in [0.15, 0.2) is 0 Å². The monoisotopic (exact) mass is 251 g/mol. The first kappa shape index (κ1) is 12.9. The molecule has 0 aliphatic rings. The molecular weight excluding hydrogens is 234 g/mol. The smallest absolute Gasteiger partial charge is 0.302 e. The maximum atomic E-state index is 10.7. The Hall–Kier alpha value is -0.0900. The summed E-state index contributed by atoms with van der Waals surface area (Å²) >= 11 is 3.29. The Morgan fingerprint density at radius 3 is 2.38 bits per heavy atom. The molecule has 0 rings (SSSR count). The Labute approximate surface area is 88.4 Å². The Bertz CT molecular complexity index is 165. The minimum absolute atomic E-state index is 0.0561. The van der Waals surface area contributed by atoms with Crippen molar-refractivity contribution < 1.29 is 9.53 Å². The van der Waals surface area contributed by atoms with Crippen LogP contribution in [0.15, 0.2) is 0 Å². The van der Waals surface area contributed by atoms with Gasteiger partial charge in [0, 0.05) is 24.3 Å². The average molecular weight is 252 g/mol. The van der Waals surface area contributed by atoms with Crippen LogP contribution >= 0.6 is 15.9 Å². The number of esters is 1. The van der Waals surface area contributed by atoms with E-state index < -0.39 is 0 Å². The van der Waals surface area contributed by atoms with Gasteiger partial charge >= 0.3 is 5.97 Å². The highest BCUT2D eigenvalue weighted by molar-refractivity contribution is 9.09. The number of rotatable bonds is 4. The summed E-state index contributed by atoms with van der Waals surface area (Å²) < 4.78 is 5.05. The van der Waals surface area contributed by atoms with Gasteiger partial charge in [-0.15, -0.1) is 0 Å². The second-order valence-corrected chi connectivity index (χ2v) is 4.66. The van der Waals surface area contributed by atoms with Crippen LogP contribution in [0.1, 0.15) is 27.7 Å². The number of hydrogen-bond donors (Lipinski definition) is 1. The van der Waals surface area contributed by atoms with E-state index in [1.807, 2.05) is 0 Å². The number of hydrogen-bond acceptors (Lipinski definition) is 3. The van der Waals surface area contributed by atoms with E-state index in [9.17, 15) is 4.79 Å². The van der Waals surface area contributed by atoms with E-state index in [1.54, 1.807) is 0 Å². The molecule has 0 saturated heterocycles. The van der Waals surface area contributed by atoms with Gasteiger partial charge in [0.1, 0.15) is 6.10 Å². The van der Waals surface area contributed by atoms with Gasteiger partial charge in [0.2, 0.25) is 0 Å². The van der Waals surface area contributed by atoms with E-state index in [0.29, 0.717) is 11.9 Å². The highest BCUT2D eigenvalue weighted by Crippen LogP contribution is 2.02. The molecule has 4 heteroatoms. The van der Waals surface area contributed by atoms with Crippen molar-refractivity contribution in [2.45, 2.75) is 39.3 Å². The topological polar surface area (TPSA) is 38.3 Å². The number of alkyl halides is 1. The number of halogens is 1. The van der Waals surface area contributed by atoms with Crippen molar-refractivity contribution in [3.8, 4) is 0 Å². The number of carbonyl (C=O) groups is 1. The van der Waals surface area contributed by atoms with E-state index in [0.717, 1.165) is 0 Å². The Kier molecular flexibility index (Phi) is 5.56. The molecule has 78 valence electrons. The normalized spacial score (nSPS) is 13.9. The standard InChI is InChI=1S/C9H18BrNO2/c1-7(12)13-8(5-10)6-11-9(2,3)4/h8,11H,5-6H2,1-4H3. The lowest BCUT2D eigenvalue weighted by molar-refractivity contribution is -0.145. The van der Waals surface area contributed by atoms with Gasteiger partial charge in [-0.3, -0.25) is 4.79 Å². The van der Waals surface area contributed by atoms with Crippen LogP contribution in [0.2, 0.25) is 0 Å². The minimum atomic E-state index is -0.236. The van der Waals surface area contributed by atoms with Crippen LogP contribution < -0.4 is 5.32 Å². The molecule has 1 unspecified atom stereocenters. The van der Waals surface area contributed by atoms with Gasteiger partial charge in [0.05, 0.1) is 0 Å². The summed E-state index contributed by atoms with van der Waals surface area (Å²) in [7, 11) is 0. The predicted octanol–water partition coefficient (Wildman–Crippen LogP) is 1.70. The molecule has 0 bridgehead atoms. The first-order valence-electron chi connectivity index (χ1n) is 4.33. The molecule has 1 atom stereocenters. The molecule has 13 heavy (non-hydrogen) atoms. The molecule has 0 saturated carbocycles. The minimum Gasteiger partial charge on any atom is -0.460 e. The maximum Gasteiger partial charge on any atom is 0.302 e. The lowest BCUT2D eigenvalue weighted by Crippen LogP contribution is -2.42. The molecule has 0 aliphatic carbocycles. The molecular formula is C9H18BrNO2. The second kappa shape index (κ2) is 5.60. The quantitative estimate of drug-likeness (QED) is 0.611. The molecule has 0 aromatic rings. The fourth-order valence-corrected chi connectivity index (χ4v) is 1.14. The summed E-state index contributed by atoms with van der Waals surface area (Å²) in [5.41, 5.74) is 0.0561. The molecule has 0 radical (unpaired) electrons. The van der Waals surface area contributed by atoms with Crippen molar-refractivity contribution in [1.82, 2.24) is 5.32 Å². The van der Waals surface area contributed by atoms with E-state index in [4.69, 9.17) is 4.74 Å². The van der Waals surface area contributed by atoms with Gasteiger partial charge in [-0.1, -0.05) is 15.9 Å². The summed E-state index contributed by atoms with van der Waals surface area (Å²) in [6.07, 6.45) is -0.0864. The third kappa shape index (κ3) is 8.25. The van der Waals surface area contributed by atoms with Gasteiger partial charge in [-0.2, -0.15) is 0 Å². The first-order valence-corrected chi connectivity index (χ1v) is 5.45. The summed E-state index contributed by atoms with van der Waals surface area (Å²) in [6, 6.07) is 0. The third-order valence-electron chi connectivity index (χ3n) is 1.36. The Morgan fingerprint density at radius 2 is 2.08 bits per heavy atom. The largest absolute Gasteiger partial charge is 0.460 e. The molecule has 1 N–H and O–H groups in total. The van der Waals surface area contributed by atoms with Crippen LogP contribution in [0.25, 0.3) is 0 Å². The van der Waals surface area contributed by atoms with Crippen molar-refractivity contribution >= 4 is 21.9 Å². The second-order valence-electron chi connectivity index (χ2n) is 4.02. The predicted molar refractivity (Wildman–Crippen MR) is 57.1 cm³/mol. The zero-order valence-electron chi connectivity index (χ0n) is 8.69. The lowest BCUT2D eigenvalue weighted by Gasteiger charge is -2.24. The maximum absolute atomic E-state index is 10.7.